The predicted molar refractivity (Wildman–Crippen MR) is 108 cm³/mol. The van der Waals surface area contributed by atoms with Crippen LogP contribution in [0.15, 0.2) is 53.6 Å². The van der Waals surface area contributed by atoms with Crippen molar-refractivity contribution in [1.29, 1.82) is 0 Å². The number of nitrogens with zero attached hydrogens (tertiary/aromatic N) is 2. The van der Waals surface area contributed by atoms with Gasteiger partial charge in [-0.05, 0) is 29.7 Å². The molecule has 1 atom stereocenters. The molecule has 3 rings (SSSR count). The normalized spacial score (nSPS) is 15.7. The Morgan fingerprint density at radius 2 is 1.79 bits per heavy atom. The van der Waals surface area contributed by atoms with Gasteiger partial charge in [0.05, 0.1) is 26.0 Å². The maximum absolute atomic E-state index is 12.8. The third-order valence-electron chi connectivity index (χ3n) is 4.85. The summed E-state index contributed by atoms with van der Waals surface area (Å²) < 4.78 is 10.7. The summed E-state index contributed by atoms with van der Waals surface area (Å²) in [6.07, 6.45) is 0.918. The number of hydrazone groups is 1. The summed E-state index contributed by atoms with van der Waals surface area (Å²) in [5, 5.41) is 14.9. The van der Waals surface area contributed by atoms with Gasteiger partial charge in [0, 0.05) is 19.3 Å². The zero-order valence-corrected chi connectivity index (χ0v) is 16.5. The fourth-order valence-corrected chi connectivity index (χ4v) is 3.37. The molecule has 2 aromatic rings. The van der Waals surface area contributed by atoms with Crippen LogP contribution in [0, 0.1) is 0 Å². The van der Waals surface area contributed by atoms with Gasteiger partial charge < -0.3 is 14.6 Å². The second-order valence-corrected chi connectivity index (χ2v) is 6.73. The molecule has 1 heterocycles. The number of amides is 1. The number of aliphatic carboxylic acids is 1. The Labute approximate surface area is 169 Å². The molecule has 1 N–H and O–H groups in total. The molecule has 7 nitrogen and oxygen atoms in total. The first kappa shape index (κ1) is 20.4. The average Bonchev–Trinajstić information content (AvgIpc) is 3.19. The van der Waals surface area contributed by atoms with Crippen LogP contribution in [-0.4, -0.2) is 41.9 Å². The molecule has 0 bridgehead atoms. The molecule has 7 heteroatoms. The topological polar surface area (TPSA) is 88.4 Å². The summed E-state index contributed by atoms with van der Waals surface area (Å²) in [5.74, 6) is 0.0790. The van der Waals surface area contributed by atoms with Gasteiger partial charge in [0.2, 0.25) is 5.91 Å². The molecule has 152 valence electrons. The quantitative estimate of drug-likeness (QED) is 0.736. The van der Waals surface area contributed by atoms with Gasteiger partial charge in [0.1, 0.15) is 0 Å². The molecular formula is C22H24N2O5. The van der Waals surface area contributed by atoms with Gasteiger partial charge in [-0.1, -0.05) is 36.4 Å². The minimum Gasteiger partial charge on any atom is -0.493 e. The predicted octanol–water partition coefficient (Wildman–Crippen LogP) is 3.64. The fraction of sp³-hybridized carbons (Fsp3) is 0.318. The van der Waals surface area contributed by atoms with Crippen molar-refractivity contribution >= 4 is 17.6 Å². The zero-order chi connectivity index (χ0) is 20.8. The number of carbonyl (C=O) groups excluding carboxylic acids is 1. The third-order valence-corrected chi connectivity index (χ3v) is 4.85. The van der Waals surface area contributed by atoms with Crippen LogP contribution in [0.25, 0.3) is 0 Å². The highest BCUT2D eigenvalue weighted by Gasteiger charge is 2.33. The fourth-order valence-electron chi connectivity index (χ4n) is 3.37. The molecule has 1 amide bonds. The lowest BCUT2D eigenvalue weighted by molar-refractivity contribution is -0.137. The second-order valence-electron chi connectivity index (χ2n) is 6.73. The first-order valence-electron chi connectivity index (χ1n) is 9.42. The number of carboxylic acids is 1. The number of carbonyl (C=O) groups is 2. The van der Waals surface area contributed by atoms with Gasteiger partial charge >= 0.3 is 5.97 Å². The van der Waals surface area contributed by atoms with Crippen molar-refractivity contribution < 1.29 is 24.2 Å². The number of hydrogen-bond donors (Lipinski definition) is 1. The monoisotopic (exact) mass is 396 g/mol. The second kappa shape index (κ2) is 9.23. The molecule has 0 radical (unpaired) electrons. The molecule has 0 aliphatic carbocycles. The summed E-state index contributed by atoms with van der Waals surface area (Å²) >= 11 is 0. The van der Waals surface area contributed by atoms with Crippen molar-refractivity contribution in [3.63, 3.8) is 0 Å². The Morgan fingerprint density at radius 1 is 1.07 bits per heavy atom. The molecule has 1 unspecified atom stereocenters. The number of benzene rings is 2. The maximum atomic E-state index is 12.8. The van der Waals surface area contributed by atoms with Crippen LogP contribution in [0.2, 0.25) is 0 Å². The maximum Gasteiger partial charge on any atom is 0.303 e. The Hall–Kier alpha value is -3.35. The largest absolute Gasteiger partial charge is 0.493 e. The summed E-state index contributed by atoms with van der Waals surface area (Å²) in [6.45, 7) is 0. The molecule has 1 aliphatic rings. The minimum absolute atomic E-state index is 0.0458. The standard InChI is InChI=1S/C22H24N2O5/c1-28-19-12-11-16(13-20(19)29-2)18-14-17(15-7-4-3-5-8-15)23-24(18)21(25)9-6-10-22(26)27/h3-5,7-8,11-13,18H,6,9-10,14H2,1-2H3,(H,26,27). The van der Waals surface area contributed by atoms with E-state index in [2.05, 4.69) is 5.10 Å². The van der Waals surface area contributed by atoms with E-state index in [-0.39, 0.29) is 31.2 Å². The Morgan fingerprint density at radius 3 is 2.45 bits per heavy atom. The van der Waals surface area contributed by atoms with Gasteiger partial charge in [-0.3, -0.25) is 9.59 Å². The summed E-state index contributed by atoms with van der Waals surface area (Å²) in [5.41, 5.74) is 2.65. The van der Waals surface area contributed by atoms with Crippen LogP contribution < -0.4 is 9.47 Å². The average molecular weight is 396 g/mol. The van der Waals surface area contributed by atoms with E-state index in [0.29, 0.717) is 17.9 Å². The van der Waals surface area contributed by atoms with Crippen molar-refractivity contribution in [2.24, 2.45) is 5.10 Å². The van der Waals surface area contributed by atoms with Crippen molar-refractivity contribution in [3.8, 4) is 11.5 Å². The number of ether oxygens (including phenoxy) is 2. The highest BCUT2D eigenvalue weighted by Crippen LogP contribution is 2.37. The highest BCUT2D eigenvalue weighted by molar-refractivity contribution is 6.03. The number of hydrogen-bond acceptors (Lipinski definition) is 5. The molecule has 1 aliphatic heterocycles. The molecule has 0 fully saturated rings. The van der Waals surface area contributed by atoms with Crippen LogP contribution >= 0.6 is 0 Å². The Balaban J connectivity index is 1.89. The van der Waals surface area contributed by atoms with Crippen molar-refractivity contribution in [2.75, 3.05) is 14.2 Å². The van der Waals surface area contributed by atoms with E-state index in [0.717, 1.165) is 16.8 Å². The molecule has 0 spiro atoms. The SMILES string of the molecule is COc1ccc(C2CC(c3ccccc3)=NN2C(=O)CCCC(=O)O)cc1OC. The molecule has 29 heavy (non-hydrogen) atoms. The van der Waals surface area contributed by atoms with Crippen LogP contribution in [0.1, 0.15) is 42.9 Å². The van der Waals surface area contributed by atoms with E-state index in [1.165, 1.54) is 5.01 Å². The van der Waals surface area contributed by atoms with E-state index in [4.69, 9.17) is 14.6 Å². The number of methoxy groups -OCH3 is 2. The lowest BCUT2D eigenvalue weighted by atomic mass is 9.98. The lowest BCUT2D eigenvalue weighted by Gasteiger charge is -2.23. The van der Waals surface area contributed by atoms with Gasteiger partial charge in [-0.15, -0.1) is 0 Å². The van der Waals surface area contributed by atoms with Crippen LogP contribution in [-0.2, 0) is 9.59 Å². The Kier molecular flexibility index (Phi) is 6.49. The van der Waals surface area contributed by atoms with Crippen LogP contribution in [0.4, 0.5) is 0 Å². The first-order valence-corrected chi connectivity index (χ1v) is 9.42. The van der Waals surface area contributed by atoms with E-state index in [9.17, 15) is 9.59 Å². The van der Waals surface area contributed by atoms with Crippen LogP contribution in [0.5, 0.6) is 11.5 Å². The zero-order valence-electron chi connectivity index (χ0n) is 16.5. The van der Waals surface area contributed by atoms with E-state index in [1.54, 1.807) is 14.2 Å². The number of carboxylic acid groups (broad SMARTS) is 1. The van der Waals surface area contributed by atoms with Gasteiger partial charge in [-0.2, -0.15) is 5.10 Å². The van der Waals surface area contributed by atoms with Gasteiger partial charge in [0.15, 0.2) is 11.5 Å². The minimum atomic E-state index is -0.913. The molecule has 0 aromatic heterocycles. The smallest absolute Gasteiger partial charge is 0.303 e. The third kappa shape index (κ3) is 4.74. The van der Waals surface area contributed by atoms with Crippen molar-refractivity contribution in [3.05, 3.63) is 59.7 Å². The van der Waals surface area contributed by atoms with Crippen molar-refractivity contribution in [1.82, 2.24) is 5.01 Å². The lowest BCUT2D eigenvalue weighted by Crippen LogP contribution is -2.27. The molecule has 2 aromatic carbocycles. The van der Waals surface area contributed by atoms with E-state index < -0.39 is 5.97 Å². The van der Waals surface area contributed by atoms with Gasteiger partial charge in [0.25, 0.3) is 0 Å². The highest BCUT2D eigenvalue weighted by atomic mass is 16.5. The summed E-state index contributed by atoms with van der Waals surface area (Å²) in [4.78, 5) is 23.6. The Bertz CT molecular complexity index is 911. The summed E-state index contributed by atoms with van der Waals surface area (Å²) in [6, 6.07) is 15.0. The van der Waals surface area contributed by atoms with Crippen LogP contribution in [0.3, 0.4) is 0 Å². The van der Waals surface area contributed by atoms with E-state index in [1.807, 2.05) is 48.5 Å². The molecule has 0 saturated heterocycles. The number of rotatable bonds is 8. The molecular weight excluding hydrogens is 372 g/mol. The summed E-state index contributed by atoms with van der Waals surface area (Å²) in [7, 11) is 3.14. The molecule has 0 saturated carbocycles. The van der Waals surface area contributed by atoms with Crippen molar-refractivity contribution in [2.45, 2.75) is 31.7 Å². The van der Waals surface area contributed by atoms with Gasteiger partial charge in [-0.25, -0.2) is 5.01 Å². The van der Waals surface area contributed by atoms with E-state index >= 15 is 0 Å². The first-order chi connectivity index (χ1) is 14.0.